The largest absolute Gasteiger partial charge is 0.497 e. The predicted octanol–water partition coefficient (Wildman–Crippen LogP) is 2.63. The number of benzene rings is 2. The summed E-state index contributed by atoms with van der Waals surface area (Å²) >= 11 is 0. The smallest absolute Gasteiger partial charge is 0.234 e. The van der Waals surface area contributed by atoms with Crippen LogP contribution in [0.25, 0.3) is 0 Å². The van der Waals surface area contributed by atoms with Crippen molar-refractivity contribution in [1.29, 1.82) is 5.41 Å². The summed E-state index contributed by atoms with van der Waals surface area (Å²) < 4.78 is 5.17. The van der Waals surface area contributed by atoms with Gasteiger partial charge in [0.15, 0.2) is 5.96 Å². The van der Waals surface area contributed by atoms with Gasteiger partial charge in [-0.2, -0.15) is 0 Å². The van der Waals surface area contributed by atoms with E-state index >= 15 is 0 Å². The molecule has 0 aliphatic carbocycles. The van der Waals surface area contributed by atoms with Crippen LogP contribution in [-0.2, 0) is 11.2 Å². The number of nitrogens with one attached hydrogen (secondary N) is 2. The summed E-state index contributed by atoms with van der Waals surface area (Å²) in [5.41, 5.74) is 1.97. The quantitative estimate of drug-likeness (QED) is 0.656. The third kappa shape index (κ3) is 4.59. The van der Waals surface area contributed by atoms with E-state index in [9.17, 15) is 4.79 Å². The highest BCUT2D eigenvalue weighted by molar-refractivity contribution is 5.98. The first-order chi connectivity index (χ1) is 11.5. The molecule has 126 valence electrons. The van der Waals surface area contributed by atoms with Gasteiger partial charge in [-0.1, -0.05) is 42.5 Å². The van der Waals surface area contributed by atoms with Crippen molar-refractivity contribution < 1.29 is 9.53 Å². The zero-order chi connectivity index (χ0) is 17.5. The Bertz CT molecular complexity index is 682. The average molecular weight is 325 g/mol. The number of hydrogen-bond donors (Lipinski definition) is 2. The maximum absolute atomic E-state index is 12.7. The second kappa shape index (κ2) is 8.15. The second-order valence-electron chi connectivity index (χ2n) is 5.75. The SMILES string of the molecule is COc1ccc(CC(C(=O)NC(=N)N(C)C)c2ccccc2)cc1. The number of carbonyl (C=O) groups excluding carboxylic acids is 1. The lowest BCUT2D eigenvalue weighted by Gasteiger charge is -2.20. The summed E-state index contributed by atoms with van der Waals surface area (Å²) in [4.78, 5) is 14.2. The van der Waals surface area contributed by atoms with Crippen LogP contribution in [-0.4, -0.2) is 38.0 Å². The highest BCUT2D eigenvalue weighted by Gasteiger charge is 2.22. The number of hydrogen-bond acceptors (Lipinski definition) is 3. The summed E-state index contributed by atoms with van der Waals surface area (Å²) in [6, 6.07) is 17.3. The van der Waals surface area contributed by atoms with Crippen molar-refractivity contribution in [2.75, 3.05) is 21.2 Å². The lowest BCUT2D eigenvalue weighted by molar-refractivity contribution is -0.121. The van der Waals surface area contributed by atoms with Gasteiger partial charge < -0.3 is 9.64 Å². The molecule has 0 aliphatic rings. The lowest BCUT2D eigenvalue weighted by atomic mass is 9.91. The molecule has 0 fully saturated rings. The number of ether oxygens (including phenoxy) is 1. The molecule has 0 radical (unpaired) electrons. The van der Waals surface area contributed by atoms with E-state index in [-0.39, 0.29) is 17.8 Å². The molecule has 2 aromatic carbocycles. The van der Waals surface area contributed by atoms with Crippen LogP contribution in [0.15, 0.2) is 54.6 Å². The summed E-state index contributed by atoms with van der Waals surface area (Å²) in [5, 5.41) is 10.5. The molecule has 0 saturated heterocycles. The van der Waals surface area contributed by atoms with E-state index < -0.39 is 0 Å². The Morgan fingerprint density at radius 2 is 1.75 bits per heavy atom. The first-order valence-electron chi connectivity index (χ1n) is 7.76. The van der Waals surface area contributed by atoms with E-state index in [1.165, 1.54) is 0 Å². The molecule has 24 heavy (non-hydrogen) atoms. The van der Waals surface area contributed by atoms with Crippen LogP contribution in [0.2, 0.25) is 0 Å². The van der Waals surface area contributed by atoms with Gasteiger partial charge in [0.25, 0.3) is 0 Å². The van der Waals surface area contributed by atoms with Crippen molar-refractivity contribution in [2.45, 2.75) is 12.3 Å². The standard InChI is InChI=1S/C19H23N3O2/c1-22(2)19(20)21-18(23)17(15-7-5-4-6-8-15)13-14-9-11-16(24-3)12-10-14/h4-12,17H,13H2,1-3H3,(H2,20,21,23). The summed E-state index contributed by atoms with van der Waals surface area (Å²) in [7, 11) is 5.08. The van der Waals surface area contributed by atoms with E-state index in [1.807, 2.05) is 54.6 Å². The fourth-order valence-electron chi connectivity index (χ4n) is 2.36. The minimum absolute atomic E-state index is 0.0793. The Morgan fingerprint density at radius 3 is 2.29 bits per heavy atom. The molecule has 0 heterocycles. The molecule has 2 rings (SSSR count). The Balaban J connectivity index is 2.22. The number of carbonyl (C=O) groups is 1. The Hall–Kier alpha value is -2.82. The van der Waals surface area contributed by atoms with Gasteiger partial charge in [0.2, 0.25) is 5.91 Å². The van der Waals surface area contributed by atoms with Crippen LogP contribution in [0.5, 0.6) is 5.75 Å². The van der Waals surface area contributed by atoms with Gasteiger partial charge in [0, 0.05) is 14.1 Å². The average Bonchev–Trinajstić information content (AvgIpc) is 2.60. The lowest BCUT2D eigenvalue weighted by Crippen LogP contribution is -2.42. The Kier molecular flexibility index (Phi) is 5.95. The molecule has 0 bridgehead atoms. The molecular formula is C19H23N3O2. The first-order valence-corrected chi connectivity index (χ1v) is 7.76. The third-order valence-electron chi connectivity index (χ3n) is 3.81. The van der Waals surface area contributed by atoms with Crippen molar-refractivity contribution in [3.8, 4) is 5.75 Å². The first kappa shape index (κ1) is 17.5. The predicted molar refractivity (Wildman–Crippen MR) is 95.4 cm³/mol. The molecule has 5 heteroatoms. The monoisotopic (exact) mass is 325 g/mol. The van der Waals surface area contributed by atoms with Crippen LogP contribution in [0.1, 0.15) is 17.0 Å². The fraction of sp³-hybridized carbons (Fsp3) is 0.263. The van der Waals surface area contributed by atoms with E-state index in [0.717, 1.165) is 16.9 Å². The van der Waals surface area contributed by atoms with Crippen molar-refractivity contribution in [3.63, 3.8) is 0 Å². The topological polar surface area (TPSA) is 65.4 Å². The highest BCUT2D eigenvalue weighted by atomic mass is 16.5. The molecule has 1 unspecified atom stereocenters. The molecule has 1 amide bonds. The second-order valence-corrected chi connectivity index (χ2v) is 5.75. The van der Waals surface area contributed by atoms with E-state index in [2.05, 4.69) is 5.32 Å². The van der Waals surface area contributed by atoms with Crippen molar-refractivity contribution >= 4 is 11.9 Å². The molecule has 0 aliphatic heterocycles. The summed E-state index contributed by atoms with van der Waals surface area (Å²) in [5.74, 6) is 0.320. The van der Waals surface area contributed by atoms with Gasteiger partial charge in [0.05, 0.1) is 13.0 Å². The number of guanidine groups is 1. The number of methoxy groups -OCH3 is 1. The minimum Gasteiger partial charge on any atom is -0.497 e. The molecule has 2 aromatic rings. The molecule has 5 nitrogen and oxygen atoms in total. The van der Waals surface area contributed by atoms with E-state index in [4.69, 9.17) is 10.1 Å². The fourth-order valence-corrected chi connectivity index (χ4v) is 2.36. The van der Waals surface area contributed by atoms with Crippen LogP contribution >= 0.6 is 0 Å². The Labute approximate surface area is 142 Å². The van der Waals surface area contributed by atoms with Gasteiger partial charge in [0.1, 0.15) is 5.75 Å². The van der Waals surface area contributed by atoms with Gasteiger partial charge in [-0.15, -0.1) is 0 Å². The molecule has 0 aromatic heterocycles. The van der Waals surface area contributed by atoms with Gasteiger partial charge in [-0.3, -0.25) is 15.5 Å². The maximum atomic E-state index is 12.7. The van der Waals surface area contributed by atoms with E-state index in [1.54, 1.807) is 26.1 Å². The molecule has 0 spiro atoms. The van der Waals surface area contributed by atoms with Crippen LogP contribution < -0.4 is 10.1 Å². The third-order valence-corrected chi connectivity index (χ3v) is 3.81. The number of nitrogens with zero attached hydrogens (tertiary/aromatic N) is 1. The molecule has 0 saturated carbocycles. The van der Waals surface area contributed by atoms with Crippen molar-refractivity contribution in [2.24, 2.45) is 0 Å². The van der Waals surface area contributed by atoms with Gasteiger partial charge >= 0.3 is 0 Å². The van der Waals surface area contributed by atoms with Crippen molar-refractivity contribution in [1.82, 2.24) is 10.2 Å². The number of rotatable bonds is 5. The highest BCUT2D eigenvalue weighted by Crippen LogP contribution is 2.22. The number of amides is 1. The normalized spacial score (nSPS) is 11.5. The summed E-state index contributed by atoms with van der Waals surface area (Å²) in [6.07, 6.45) is 0.556. The van der Waals surface area contributed by atoms with Crippen molar-refractivity contribution in [3.05, 3.63) is 65.7 Å². The summed E-state index contributed by atoms with van der Waals surface area (Å²) in [6.45, 7) is 0. The van der Waals surface area contributed by atoms with Gasteiger partial charge in [-0.25, -0.2) is 0 Å². The zero-order valence-corrected chi connectivity index (χ0v) is 14.2. The van der Waals surface area contributed by atoms with Crippen LogP contribution in [0.4, 0.5) is 0 Å². The van der Waals surface area contributed by atoms with Crippen LogP contribution in [0.3, 0.4) is 0 Å². The minimum atomic E-state index is -0.361. The zero-order valence-electron chi connectivity index (χ0n) is 14.2. The molecule has 1 atom stereocenters. The Morgan fingerprint density at radius 1 is 1.12 bits per heavy atom. The van der Waals surface area contributed by atoms with E-state index in [0.29, 0.717) is 6.42 Å². The molecule has 2 N–H and O–H groups in total. The van der Waals surface area contributed by atoms with Crippen LogP contribution in [0, 0.1) is 5.41 Å². The maximum Gasteiger partial charge on any atom is 0.234 e. The van der Waals surface area contributed by atoms with Gasteiger partial charge in [-0.05, 0) is 29.7 Å². The molecular weight excluding hydrogens is 302 g/mol.